The smallest absolute Gasteiger partial charge is 0.236 e. The van der Waals surface area contributed by atoms with Gasteiger partial charge in [-0.1, -0.05) is 0 Å². The van der Waals surface area contributed by atoms with E-state index in [4.69, 9.17) is 0 Å². The number of nitrogens with one attached hydrogen (secondary N) is 1. The quantitative estimate of drug-likeness (QED) is 0.734. The third-order valence-corrected chi connectivity index (χ3v) is 3.52. The van der Waals surface area contributed by atoms with Crippen LogP contribution in [-0.2, 0) is 4.79 Å². The molecule has 2 heterocycles. The van der Waals surface area contributed by atoms with Crippen LogP contribution < -0.4 is 5.32 Å². The summed E-state index contributed by atoms with van der Waals surface area (Å²) >= 11 is 0. The highest BCUT2D eigenvalue weighted by molar-refractivity contribution is 5.78. The van der Waals surface area contributed by atoms with Crippen LogP contribution in [0.4, 0.5) is 0 Å². The maximum Gasteiger partial charge on any atom is 0.236 e. The predicted molar refractivity (Wildman–Crippen MR) is 64.3 cm³/mol. The van der Waals surface area contributed by atoms with Crippen LogP contribution in [0.15, 0.2) is 0 Å². The minimum absolute atomic E-state index is 0.328. The molecule has 2 aliphatic rings. The van der Waals surface area contributed by atoms with E-state index in [-0.39, 0.29) is 0 Å². The van der Waals surface area contributed by atoms with Crippen molar-refractivity contribution in [3.63, 3.8) is 0 Å². The summed E-state index contributed by atoms with van der Waals surface area (Å²) in [5, 5.41) is 3.40. The minimum atomic E-state index is 0.328. The van der Waals surface area contributed by atoms with Crippen molar-refractivity contribution in [2.45, 2.75) is 32.2 Å². The maximum atomic E-state index is 12.0. The summed E-state index contributed by atoms with van der Waals surface area (Å²) in [4.78, 5) is 16.4. The second-order valence-corrected chi connectivity index (χ2v) is 5.03. The minimum Gasteiger partial charge on any atom is -0.342 e. The summed E-state index contributed by atoms with van der Waals surface area (Å²) in [5.74, 6) is 0.328. The van der Waals surface area contributed by atoms with E-state index in [1.165, 1.54) is 19.3 Å². The Labute approximate surface area is 98.0 Å². The molecule has 0 aromatic rings. The summed E-state index contributed by atoms with van der Waals surface area (Å²) in [6.07, 6.45) is 3.65. The van der Waals surface area contributed by atoms with Gasteiger partial charge in [0.25, 0.3) is 0 Å². The van der Waals surface area contributed by atoms with Gasteiger partial charge in [0.1, 0.15) is 0 Å². The van der Waals surface area contributed by atoms with Gasteiger partial charge in [-0.2, -0.15) is 0 Å². The molecule has 0 aromatic carbocycles. The molecule has 0 bridgehead atoms. The van der Waals surface area contributed by atoms with Crippen molar-refractivity contribution in [3.8, 4) is 0 Å². The van der Waals surface area contributed by atoms with Crippen LogP contribution in [-0.4, -0.2) is 61.0 Å². The topological polar surface area (TPSA) is 35.6 Å². The molecule has 1 unspecified atom stereocenters. The van der Waals surface area contributed by atoms with Gasteiger partial charge in [0.05, 0.1) is 6.54 Å². The molecule has 4 nitrogen and oxygen atoms in total. The molecule has 2 fully saturated rings. The molecule has 2 saturated heterocycles. The van der Waals surface area contributed by atoms with Crippen LogP contribution in [0.3, 0.4) is 0 Å². The van der Waals surface area contributed by atoms with Crippen LogP contribution >= 0.6 is 0 Å². The van der Waals surface area contributed by atoms with Gasteiger partial charge >= 0.3 is 0 Å². The Morgan fingerprint density at radius 2 is 2.00 bits per heavy atom. The first-order valence-electron chi connectivity index (χ1n) is 6.49. The fourth-order valence-corrected chi connectivity index (χ4v) is 2.59. The normalized spacial score (nSPS) is 28.1. The highest BCUT2D eigenvalue weighted by Gasteiger charge is 2.22. The van der Waals surface area contributed by atoms with Crippen molar-refractivity contribution < 1.29 is 4.79 Å². The van der Waals surface area contributed by atoms with E-state index in [2.05, 4.69) is 17.1 Å². The first kappa shape index (κ1) is 11.9. The monoisotopic (exact) mass is 225 g/mol. The Kier molecular flexibility index (Phi) is 4.18. The summed E-state index contributed by atoms with van der Waals surface area (Å²) in [6.45, 7) is 7.75. The van der Waals surface area contributed by atoms with Crippen LogP contribution in [0.25, 0.3) is 0 Å². The van der Waals surface area contributed by atoms with E-state index in [1.807, 2.05) is 4.90 Å². The van der Waals surface area contributed by atoms with Crippen molar-refractivity contribution in [1.29, 1.82) is 0 Å². The Morgan fingerprint density at radius 1 is 1.25 bits per heavy atom. The molecule has 2 aliphatic heterocycles. The Bertz CT molecular complexity index is 238. The number of amides is 1. The number of nitrogens with zero attached hydrogens (tertiary/aromatic N) is 2. The van der Waals surface area contributed by atoms with Crippen molar-refractivity contribution in [3.05, 3.63) is 0 Å². The Morgan fingerprint density at radius 3 is 2.69 bits per heavy atom. The van der Waals surface area contributed by atoms with Crippen LogP contribution in [0.5, 0.6) is 0 Å². The second-order valence-electron chi connectivity index (χ2n) is 5.03. The number of piperidine rings is 1. The molecule has 1 amide bonds. The molecule has 0 aromatic heterocycles. The number of piperazine rings is 1. The maximum absolute atomic E-state index is 12.0. The average molecular weight is 225 g/mol. The molecule has 4 heteroatoms. The Hall–Kier alpha value is -0.610. The van der Waals surface area contributed by atoms with Gasteiger partial charge in [-0.05, 0) is 26.2 Å². The van der Waals surface area contributed by atoms with E-state index in [0.717, 1.165) is 32.7 Å². The zero-order valence-corrected chi connectivity index (χ0v) is 10.2. The molecular weight excluding hydrogens is 202 g/mol. The number of hydrogen-bond acceptors (Lipinski definition) is 3. The first-order valence-corrected chi connectivity index (χ1v) is 6.49. The highest BCUT2D eigenvalue weighted by atomic mass is 16.2. The summed E-state index contributed by atoms with van der Waals surface area (Å²) in [6, 6.07) is 0.517. The third kappa shape index (κ3) is 3.19. The molecule has 0 aliphatic carbocycles. The van der Waals surface area contributed by atoms with Gasteiger partial charge in [0.15, 0.2) is 0 Å². The average Bonchev–Trinajstić information content (AvgIpc) is 2.30. The fraction of sp³-hybridized carbons (Fsp3) is 0.917. The third-order valence-electron chi connectivity index (χ3n) is 3.52. The molecule has 92 valence electrons. The van der Waals surface area contributed by atoms with Crippen LogP contribution in [0.1, 0.15) is 26.2 Å². The van der Waals surface area contributed by atoms with E-state index in [0.29, 0.717) is 18.5 Å². The van der Waals surface area contributed by atoms with Gasteiger partial charge in [-0.25, -0.2) is 0 Å². The van der Waals surface area contributed by atoms with Crippen molar-refractivity contribution in [2.75, 3.05) is 39.3 Å². The molecule has 1 N–H and O–H groups in total. The van der Waals surface area contributed by atoms with Gasteiger partial charge in [0.2, 0.25) is 5.91 Å². The van der Waals surface area contributed by atoms with E-state index in [1.54, 1.807) is 0 Å². The number of rotatable bonds is 2. The number of likely N-dealkylation sites (tertiary alicyclic amines) is 1. The number of carbonyl (C=O) groups is 1. The van der Waals surface area contributed by atoms with Crippen molar-refractivity contribution in [1.82, 2.24) is 15.1 Å². The molecule has 16 heavy (non-hydrogen) atoms. The van der Waals surface area contributed by atoms with Crippen LogP contribution in [0.2, 0.25) is 0 Å². The SMILES string of the molecule is CC1CN(CC(=O)N2CCCCC2)CCN1. The zero-order valence-electron chi connectivity index (χ0n) is 10.2. The number of carbonyl (C=O) groups excluding carboxylic acids is 1. The summed E-state index contributed by atoms with van der Waals surface area (Å²) < 4.78 is 0. The molecule has 1 atom stereocenters. The second kappa shape index (κ2) is 5.64. The number of hydrogen-bond donors (Lipinski definition) is 1. The van der Waals surface area contributed by atoms with Gasteiger partial charge in [-0.15, -0.1) is 0 Å². The standard InChI is InChI=1S/C12H23N3O/c1-11-9-14(8-5-13-11)10-12(16)15-6-3-2-4-7-15/h11,13H,2-10H2,1H3. The lowest BCUT2D eigenvalue weighted by Gasteiger charge is -2.34. The van der Waals surface area contributed by atoms with Gasteiger partial charge in [-0.3, -0.25) is 9.69 Å². The largest absolute Gasteiger partial charge is 0.342 e. The molecule has 2 rings (SSSR count). The van der Waals surface area contributed by atoms with E-state index < -0.39 is 0 Å². The lowest BCUT2D eigenvalue weighted by Crippen LogP contribution is -2.52. The lowest BCUT2D eigenvalue weighted by molar-refractivity contribution is -0.133. The lowest BCUT2D eigenvalue weighted by atomic mass is 10.1. The molecule has 0 spiro atoms. The zero-order chi connectivity index (χ0) is 11.4. The predicted octanol–water partition coefficient (Wildman–Crippen LogP) is 0.293. The van der Waals surface area contributed by atoms with Gasteiger partial charge in [0, 0.05) is 38.8 Å². The van der Waals surface area contributed by atoms with E-state index in [9.17, 15) is 4.79 Å². The fourth-order valence-electron chi connectivity index (χ4n) is 2.59. The van der Waals surface area contributed by atoms with Gasteiger partial charge < -0.3 is 10.2 Å². The van der Waals surface area contributed by atoms with Crippen molar-refractivity contribution >= 4 is 5.91 Å². The Balaban J connectivity index is 1.77. The molecule has 0 radical (unpaired) electrons. The highest BCUT2D eigenvalue weighted by Crippen LogP contribution is 2.09. The summed E-state index contributed by atoms with van der Waals surface area (Å²) in [7, 11) is 0. The summed E-state index contributed by atoms with van der Waals surface area (Å²) in [5.41, 5.74) is 0. The molecular formula is C12H23N3O. The van der Waals surface area contributed by atoms with Crippen molar-refractivity contribution in [2.24, 2.45) is 0 Å². The first-order chi connectivity index (χ1) is 7.75. The van der Waals surface area contributed by atoms with E-state index >= 15 is 0 Å². The molecule has 0 saturated carbocycles. The van der Waals surface area contributed by atoms with Crippen LogP contribution in [0, 0.1) is 0 Å².